The second kappa shape index (κ2) is 6.89. The van der Waals surface area contributed by atoms with Crippen LogP contribution in [0.1, 0.15) is 40.5 Å². The monoisotopic (exact) mass is 383 g/mol. The summed E-state index contributed by atoms with van der Waals surface area (Å²) in [5, 5.41) is 3.78. The number of rotatable bonds is 2. The molecule has 0 bridgehead atoms. The zero-order chi connectivity index (χ0) is 19.0. The van der Waals surface area contributed by atoms with E-state index >= 15 is 0 Å². The van der Waals surface area contributed by atoms with E-state index < -0.39 is 5.66 Å². The number of nitrogens with one attached hydrogen (secondary N) is 1. The Morgan fingerprint density at radius 2 is 1.89 bits per heavy atom. The molecule has 0 unspecified atom stereocenters. The summed E-state index contributed by atoms with van der Waals surface area (Å²) in [4.78, 5) is 29.6. The molecule has 0 radical (unpaired) electrons. The molecule has 2 amide bonds. The van der Waals surface area contributed by atoms with E-state index in [-0.39, 0.29) is 11.8 Å². The highest BCUT2D eigenvalue weighted by molar-refractivity contribution is 6.30. The third-order valence-corrected chi connectivity index (χ3v) is 5.80. The van der Waals surface area contributed by atoms with Crippen LogP contribution in [0.5, 0.6) is 0 Å². The predicted molar refractivity (Wildman–Crippen MR) is 106 cm³/mol. The molecule has 27 heavy (non-hydrogen) atoms. The van der Waals surface area contributed by atoms with Crippen molar-refractivity contribution in [3.8, 4) is 0 Å². The van der Waals surface area contributed by atoms with Crippen molar-refractivity contribution in [2.75, 3.05) is 24.5 Å². The Labute approximate surface area is 163 Å². The van der Waals surface area contributed by atoms with Gasteiger partial charge >= 0.3 is 0 Å². The van der Waals surface area contributed by atoms with E-state index in [0.29, 0.717) is 42.1 Å². The van der Waals surface area contributed by atoms with Crippen LogP contribution in [-0.4, -0.2) is 42.0 Å². The Balaban J connectivity index is 1.56. The minimum Gasteiger partial charge on any atom is -0.348 e. The van der Waals surface area contributed by atoms with Gasteiger partial charge in [0.2, 0.25) is 0 Å². The number of carbonyl (C=O) groups excluding carboxylic acids is 2. The molecule has 0 saturated carbocycles. The zero-order valence-electron chi connectivity index (χ0n) is 15.2. The standard InChI is InChI=1S/C21H22ClN3O2/c1-2-25-18-9-4-3-8-17(18)19(26)23-21(25)10-12-24(13-11-21)20(27)15-6-5-7-16(22)14-15/h3-9,14H,2,10-13H2,1H3,(H,23,26). The molecular formula is C21H22ClN3O2. The molecule has 0 atom stereocenters. The van der Waals surface area contributed by atoms with Crippen LogP contribution in [0.4, 0.5) is 5.69 Å². The second-order valence-corrected chi connectivity index (χ2v) is 7.49. The topological polar surface area (TPSA) is 52.7 Å². The molecule has 0 aromatic heterocycles. The van der Waals surface area contributed by atoms with Crippen LogP contribution < -0.4 is 10.2 Å². The van der Waals surface area contributed by atoms with Crippen molar-refractivity contribution in [3.63, 3.8) is 0 Å². The maximum absolute atomic E-state index is 12.8. The van der Waals surface area contributed by atoms with Gasteiger partial charge in [0.1, 0.15) is 5.66 Å². The van der Waals surface area contributed by atoms with E-state index in [1.54, 1.807) is 24.3 Å². The number of halogens is 1. The van der Waals surface area contributed by atoms with Crippen molar-refractivity contribution >= 4 is 29.1 Å². The number of benzene rings is 2. The Hall–Kier alpha value is -2.53. The fourth-order valence-electron chi connectivity index (χ4n) is 4.23. The first-order chi connectivity index (χ1) is 13.0. The van der Waals surface area contributed by atoms with Gasteiger partial charge in [0.25, 0.3) is 11.8 Å². The van der Waals surface area contributed by atoms with E-state index in [1.807, 2.05) is 29.2 Å². The number of likely N-dealkylation sites (tertiary alicyclic amines) is 1. The summed E-state index contributed by atoms with van der Waals surface area (Å²) in [6, 6.07) is 14.7. The quantitative estimate of drug-likeness (QED) is 0.862. The third kappa shape index (κ3) is 3.06. The number of amides is 2. The molecule has 1 saturated heterocycles. The van der Waals surface area contributed by atoms with Gasteiger partial charge in [-0.2, -0.15) is 0 Å². The SMILES string of the molecule is CCN1c2ccccc2C(=O)NC12CCN(C(=O)c1cccc(Cl)c1)CC2. The van der Waals surface area contributed by atoms with Crippen LogP contribution in [0.15, 0.2) is 48.5 Å². The molecular weight excluding hydrogens is 362 g/mol. The number of para-hydroxylation sites is 1. The van der Waals surface area contributed by atoms with Crippen molar-refractivity contribution in [2.24, 2.45) is 0 Å². The van der Waals surface area contributed by atoms with Gasteiger partial charge < -0.3 is 15.1 Å². The summed E-state index contributed by atoms with van der Waals surface area (Å²) in [6.07, 6.45) is 1.38. The fraction of sp³-hybridized carbons (Fsp3) is 0.333. The highest BCUT2D eigenvalue weighted by atomic mass is 35.5. The molecule has 1 fully saturated rings. The predicted octanol–water partition coefficient (Wildman–Crippen LogP) is 3.54. The van der Waals surface area contributed by atoms with E-state index in [2.05, 4.69) is 17.1 Å². The Morgan fingerprint density at radius 1 is 1.15 bits per heavy atom. The lowest BCUT2D eigenvalue weighted by Crippen LogP contribution is -2.68. The maximum Gasteiger partial charge on any atom is 0.255 e. The number of fused-ring (bicyclic) bond motifs is 1. The molecule has 140 valence electrons. The van der Waals surface area contributed by atoms with Gasteiger partial charge in [-0.05, 0) is 37.3 Å². The summed E-state index contributed by atoms with van der Waals surface area (Å²) < 4.78 is 0. The first kappa shape index (κ1) is 17.9. The van der Waals surface area contributed by atoms with Crippen LogP contribution >= 0.6 is 11.6 Å². The van der Waals surface area contributed by atoms with Crippen molar-refractivity contribution < 1.29 is 9.59 Å². The molecule has 2 aromatic carbocycles. The van der Waals surface area contributed by atoms with Gasteiger partial charge in [-0.25, -0.2) is 0 Å². The lowest BCUT2D eigenvalue weighted by molar-refractivity contribution is 0.0603. The van der Waals surface area contributed by atoms with Crippen LogP contribution in [0.2, 0.25) is 5.02 Å². The van der Waals surface area contributed by atoms with Crippen LogP contribution in [0.3, 0.4) is 0 Å². The molecule has 5 nitrogen and oxygen atoms in total. The zero-order valence-corrected chi connectivity index (χ0v) is 16.0. The van der Waals surface area contributed by atoms with Crippen molar-refractivity contribution in [2.45, 2.75) is 25.4 Å². The van der Waals surface area contributed by atoms with Crippen molar-refractivity contribution in [1.29, 1.82) is 0 Å². The highest BCUT2D eigenvalue weighted by Gasteiger charge is 2.45. The smallest absolute Gasteiger partial charge is 0.255 e. The summed E-state index contributed by atoms with van der Waals surface area (Å²) >= 11 is 6.02. The number of anilines is 1. The third-order valence-electron chi connectivity index (χ3n) is 5.57. The van der Waals surface area contributed by atoms with Gasteiger partial charge in [-0.3, -0.25) is 9.59 Å². The van der Waals surface area contributed by atoms with Gasteiger partial charge in [-0.1, -0.05) is 29.8 Å². The van der Waals surface area contributed by atoms with Crippen molar-refractivity contribution in [3.05, 3.63) is 64.7 Å². The molecule has 1 N–H and O–H groups in total. The number of hydrogen-bond donors (Lipinski definition) is 1. The molecule has 4 rings (SSSR count). The van der Waals surface area contributed by atoms with E-state index in [4.69, 9.17) is 11.6 Å². The lowest BCUT2D eigenvalue weighted by Gasteiger charge is -2.52. The molecule has 0 aliphatic carbocycles. The Morgan fingerprint density at radius 3 is 2.59 bits per heavy atom. The number of piperidine rings is 1. The molecule has 2 aliphatic rings. The minimum absolute atomic E-state index is 0.0158. The molecule has 6 heteroatoms. The largest absolute Gasteiger partial charge is 0.348 e. The number of nitrogens with zero attached hydrogens (tertiary/aromatic N) is 2. The van der Waals surface area contributed by atoms with E-state index in [0.717, 1.165) is 12.2 Å². The Kier molecular flexibility index (Phi) is 4.56. The average Bonchev–Trinajstić information content (AvgIpc) is 2.68. The van der Waals surface area contributed by atoms with Crippen LogP contribution in [0, 0.1) is 0 Å². The van der Waals surface area contributed by atoms with Crippen molar-refractivity contribution in [1.82, 2.24) is 10.2 Å². The van der Waals surface area contributed by atoms with Gasteiger partial charge in [-0.15, -0.1) is 0 Å². The summed E-state index contributed by atoms with van der Waals surface area (Å²) in [5.41, 5.74) is 1.84. The summed E-state index contributed by atoms with van der Waals surface area (Å²) in [5.74, 6) is -0.0529. The van der Waals surface area contributed by atoms with E-state index in [9.17, 15) is 9.59 Å². The normalized spacial score (nSPS) is 18.2. The first-order valence-corrected chi connectivity index (χ1v) is 9.66. The van der Waals surface area contributed by atoms with Gasteiger partial charge in [0, 0.05) is 43.1 Å². The van der Waals surface area contributed by atoms with Gasteiger partial charge in [0.15, 0.2) is 0 Å². The lowest BCUT2D eigenvalue weighted by atomic mass is 9.89. The maximum atomic E-state index is 12.8. The van der Waals surface area contributed by atoms with Crippen LogP contribution in [0.25, 0.3) is 0 Å². The number of carbonyl (C=O) groups is 2. The molecule has 1 spiro atoms. The second-order valence-electron chi connectivity index (χ2n) is 7.05. The summed E-state index contributed by atoms with van der Waals surface area (Å²) in [7, 11) is 0. The van der Waals surface area contributed by atoms with E-state index in [1.165, 1.54) is 0 Å². The fourth-order valence-corrected chi connectivity index (χ4v) is 4.42. The number of hydrogen-bond acceptors (Lipinski definition) is 3. The van der Waals surface area contributed by atoms with Crippen LogP contribution in [-0.2, 0) is 0 Å². The molecule has 2 aromatic rings. The minimum atomic E-state index is -0.439. The highest BCUT2D eigenvalue weighted by Crippen LogP contribution is 2.37. The summed E-state index contributed by atoms with van der Waals surface area (Å²) in [6.45, 7) is 4.06. The molecule has 2 heterocycles. The average molecular weight is 384 g/mol. The molecule has 2 aliphatic heterocycles. The van der Waals surface area contributed by atoms with Gasteiger partial charge in [0.05, 0.1) is 11.3 Å². The Bertz CT molecular complexity index is 891. The first-order valence-electron chi connectivity index (χ1n) is 9.28.